The third kappa shape index (κ3) is 4.04. The quantitative estimate of drug-likeness (QED) is 0.760. The van der Waals surface area contributed by atoms with Crippen molar-refractivity contribution in [2.24, 2.45) is 0 Å². The molecule has 1 aromatic carbocycles. The zero-order valence-corrected chi connectivity index (χ0v) is 10.8. The van der Waals surface area contributed by atoms with Gasteiger partial charge in [-0.15, -0.1) is 0 Å². The van der Waals surface area contributed by atoms with Crippen molar-refractivity contribution in [2.75, 3.05) is 6.54 Å². The van der Waals surface area contributed by atoms with Crippen LogP contribution in [-0.2, 0) is 6.54 Å². The molecule has 98 valence electrons. The highest BCUT2D eigenvalue weighted by molar-refractivity contribution is 5.74. The van der Waals surface area contributed by atoms with Gasteiger partial charge in [-0.25, -0.2) is 4.79 Å². The van der Waals surface area contributed by atoms with Crippen molar-refractivity contribution >= 4 is 6.03 Å². The molecule has 0 saturated carbocycles. The molecule has 0 aliphatic carbocycles. The molecule has 0 aromatic heterocycles. The molecule has 18 heavy (non-hydrogen) atoms. The molecule has 0 spiro atoms. The molecule has 0 radical (unpaired) electrons. The second-order valence-corrected chi connectivity index (χ2v) is 4.90. The minimum Gasteiger partial charge on any atom is -0.334 e. The predicted molar refractivity (Wildman–Crippen MR) is 72.3 cm³/mol. The van der Waals surface area contributed by atoms with Gasteiger partial charge in [0.15, 0.2) is 0 Å². The molecule has 1 aromatic rings. The molecule has 2 amide bonds. The van der Waals surface area contributed by atoms with Gasteiger partial charge in [-0.3, -0.25) is 0 Å². The Morgan fingerprint density at radius 1 is 1.33 bits per heavy atom. The number of nitrogens with one attached hydrogen (secondary N) is 3. The number of urea groups is 1. The van der Waals surface area contributed by atoms with Crippen LogP contribution >= 0.6 is 0 Å². The lowest BCUT2D eigenvalue weighted by atomic mass is 10.0. The Kier molecular flexibility index (Phi) is 4.59. The van der Waals surface area contributed by atoms with E-state index in [1.165, 1.54) is 0 Å². The van der Waals surface area contributed by atoms with Gasteiger partial charge in [0.2, 0.25) is 0 Å². The molecule has 3 N–H and O–H groups in total. The van der Waals surface area contributed by atoms with Crippen LogP contribution in [0.4, 0.5) is 4.79 Å². The van der Waals surface area contributed by atoms with E-state index < -0.39 is 0 Å². The van der Waals surface area contributed by atoms with Crippen molar-refractivity contribution in [1.29, 1.82) is 0 Å². The first-order valence-electron chi connectivity index (χ1n) is 6.55. The lowest BCUT2D eigenvalue weighted by Crippen LogP contribution is -2.51. The highest BCUT2D eigenvalue weighted by Gasteiger charge is 2.18. The van der Waals surface area contributed by atoms with Crippen LogP contribution in [0.15, 0.2) is 30.3 Å². The zero-order valence-electron chi connectivity index (χ0n) is 10.8. The molecule has 1 fully saturated rings. The van der Waals surface area contributed by atoms with Crippen LogP contribution in [0.2, 0.25) is 0 Å². The van der Waals surface area contributed by atoms with Crippen LogP contribution in [-0.4, -0.2) is 24.7 Å². The summed E-state index contributed by atoms with van der Waals surface area (Å²) in [5.74, 6) is 0. The smallest absolute Gasteiger partial charge is 0.315 e. The van der Waals surface area contributed by atoms with E-state index in [9.17, 15) is 4.79 Å². The average molecular weight is 247 g/mol. The van der Waals surface area contributed by atoms with Gasteiger partial charge in [0.05, 0.1) is 0 Å². The maximum absolute atomic E-state index is 11.7. The van der Waals surface area contributed by atoms with Gasteiger partial charge in [-0.05, 0) is 25.3 Å². The highest BCUT2D eigenvalue weighted by atomic mass is 16.2. The van der Waals surface area contributed by atoms with Crippen LogP contribution in [0.1, 0.15) is 25.3 Å². The molecule has 4 heteroatoms. The van der Waals surface area contributed by atoms with Crippen LogP contribution in [0, 0.1) is 0 Å². The first kappa shape index (κ1) is 12.9. The number of hydrogen-bond acceptors (Lipinski definition) is 2. The summed E-state index contributed by atoms with van der Waals surface area (Å²) in [4.78, 5) is 11.7. The van der Waals surface area contributed by atoms with Gasteiger partial charge in [0.25, 0.3) is 0 Å². The zero-order chi connectivity index (χ0) is 12.8. The van der Waals surface area contributed by atoms with E-state index in [-0.39, 0.29) is 12.1 Å². The van der Waals surface area contributed by atoms with Crippen LogP contribution < -0.4 is 16.0 Å². The number of benzene rings is 1. The van der Waals surface area contributed by atoms with Crippen molar-refractivity contribution in [3.05, 3.63) is 35.9 Å². The van der Waals surface area contributed by atoms with Gasteiger partial charge in [-0.2, -0.15) is 0 Å². The minimum absolute atomic E-state index is 0.0831. The molecule has 0 bridgehead atoms. The summed E-state index contributed by atoms with van der Waals surface area (Å²) in [5, 5.41) is 9.25. The molecule has 2 unspecified atom stereocenters. The van der Waals surface area contributed by atoms with Crippen LogP contribution in [0.25, 0.3) is 0 Å². The SMILES string of the molecule is CC1CCC(NC(=O)NCc2ccccc2)CN1. The number of piperidine rings is 1. The Hall–Kier alpha value is -1.55. The summed E-state index contributed by atoms with van der Waals surface area (Å²) in [5.41, 5.74) is 1.11. The van der Waals surface area contributed by atoms with E-state index in [0.29, 0.717) is 12.6 Å². The normalized spacial score (nSPS) is 23.4. The highest BCUT2D eigenvalue weighted by Crippen LogP contribution is 2.07. The lowest BCUT2D eigenvalue weighted by molar-refractivity contribution is 0.231. The molecule has 1 heterocycles. The fourth-order valence-electron chi connectivity index (χ4n) is 2.14. The molecule has 2 atom stereocenters. The summed E-state index contributed by atoms with van der Waals surface area (Å²) in [7, 11) is 0. The standard InChI is InChI=1S/C14H21N3O/c1-11-7-8-13(10-15-11)17-14(18)16-9-12-5-3-2-4-6-12/h2-6,11,13,15H,7-10H2,1H3,(H2,16,17,18). The number of rotatable bonds is 3. The lowest BCUT2D eigenvalue weighted by Gasteiger charge is -2.28. The summed E-state index contributed by atoms with van der Waals surface area (Å²) in [6.45, 7) is 3.61. The Balaban J connectivity index is 1.69. The van der Waals surface area contributed by atoms with E-state index in [2.05, 4.69) is 22.9 Å². The average Bonchev–Trinajstić information content (AvgIpc) is 2.40. The van der Waals surface area contributed by atoms with Gasteiger partial charge in [0.1, 0.15) is 0 Å². The molecular formula is C14H21N3O. The number of carbonyl (C=O) groups is 1. The van der Waals surface area contributed by atoms with Crippen molar-refractivity contribution in [2.45, 2.75) is 38.4 Å². The fraction of sp³-hybridized carbons (Fsp3) is 0.500. The van der Waals surface area contributed by atoms with Crippen molar-refractivity contribution < 1.29 is 4.79 Å². The van der Waals surface area contributed by atoms with Crippen molar-refractivity contribution in [1.82, 2.24) is 16.0 Å². The van der Waals surface area contributed by atoms with E-state index in [1.807, 2.05) is 30.3 Å². The fourth-order valence-corrected chi connectivity index (χ4v) is 2.14. The number of amides is 2. The summed E-state index contributed by atoms with van der Waals surface area (Å²) < 4.78 is 0. The third-order valence-corrected chi connectivity index (χ3v) is 3.29. The Labute approximate surface area is 108 Å². The Bertz CT molecular complexity index is 372. The van der Waals surface area contributed by atoms with Crippen LogP contribution in [0.5, 0.6) is 0 Å². The first-order chi connectivity index (χ1) is 8.74. The molecular weight excluding hydrogens is 226 g/mol. The van der Waals surface area contributed by atoms with Gasteiger partial charge in [0, 0.05) is 25.2 Å². The predicted octanol–water partition coefficient (Wildman–Crippen LogP) is 1.63. The molecule has 4 nitrogen and oxygen atoms in total. The Morgan fingerprint density at radius 3 is 2.78 bits per heavy atom. The van der Waals surface area contributed by atoms with Crippen LogP contribution in [0.3, 0.4) is 0 Å². The van der Waals surface area contributed by atoms with Gasteiger partial charge < -0.3 is 16.0 Å². The van der Waals surface area contributed by atoms with E-state index in [0.717, 1.165) is 24.9 Å². The summed E-state index contributed by atoms with van der Waals surface area (Å²) in [6.07, 6.45) is 2.16. The first-order valence-corrected chi connectivity index (χ1v) is 6.55. The maximum Gasteiger partial charge on any atom is 0.315 e. The molecule has 1 aliphatic rings. The van der Waals surface area contributed by atoms with Gasteiger partial charge >= 0.3 is 6.03 Å². The number of carbonyl (C=O) groups excluding carboxylic acids is 1. The monoisotopic (exact) mass is 247 g/mol. The van der Waals surface area contributed by atoms with E-state index in [1.54, 1.807) is 0 Å². The topological polar surface area (TPSA) is 53.2 Å². The largest absolute Gasteiger partial charge is 0.334 e. The second kappa shape index (κ2) is 6.40. The van der Waals surface area contributed by atoms with E-state index >= 15 is 0 Å². The molecule has 2 rings (SSSR count). The maximum atomic E-state index is 11.7. The summed E-state index contributed by atoms with van der Waals surface area (Å²) >= 11 is 0. The Morgan fingerprint density at radius 2 is 2.11 bits per heavy atom. The molecule has 1 aliphatic heterocycles. The minimum atomic E-state index is -0.0831. The van der Waals surface area contributed by atoms with Crippen molar-refractivity contribution in [3.8, 4) is 0 Å². The number of hydrogen-bond donors (Lipinski definition) is 3. The van der Waals surface area contributed by atoms with E-state index in [4.69, 9.17) is 0 Å². The summed E-state index contributed by atoms with van der Waals surface area (Å²) in [6, 6.07) is 10.7. The second-order valence-electron chi connectivity index (χ2n) is 4.90. The van der Waals surface area contributed by atoms with Crippen molar-refractivity contribution in [3.63, 3.8) is 0 Å². The molecule has 1 saturated heterocycles. The third-order valence-electron chi connectivity index (χ3n) is 3.29. The van der Waals surface area contributed by atoms with Gasteiger partial charge in [-0.1, -0.05) is 30.3 Å².